The average molecular weight is 375 g/mol. The lowest BCUT2D eigenvalue weighted by Gasteiger charge is -2.22. The van der Waals surface area contributed by atoms with Crippen molar-refractivity contribution in [2.24, 2.45) is 5.92 Å². The number of hydrogen-bond donors (Lipinski definition) is 2. The van der Waals surface area contributed by atoms with Gasteiger partial charge in [0, 0.05) is 18.9 Å². The van der Waals surface area contributed by atoms with Gasteiger partial charge < -0.3 is 10.6 Å². The number of pyridine rings is 1. The normalized spacial score (nSPS) is 12.0. The van der Waals surface area contributed by atoms with Crippen LogP contribution < -0.4 is 10.6 Å². The average Bonchev–Trinajstić information content (AvgIpc) is 2.71. The molecule has 0 saturated heterocycles. The maximum Gasteiger partial charge on any atom is 0.243 e. The Labute approximate surface area is 165 Å². The first-order valence-corrected chi connectivity index (χ1v) is 9.47. The molecule has 0 aliphatic carbocycles. The molecule has 1 aromatic heterocycles. The van der Waals surface area contributed by atoms with E-state index in [1.807, 2.05) is 68.4 Å². The number of fused-ring (bicyclic) bond motifs is 1. The Morgan fingerprint density at radius 2 is 1.68 bits per heavy atom. The van der Waals surface area contributed by atoms with Gasteiger partial charge >= 0.3 is 0 Å². The van der Waals surface area contributed by atoms with E-state index < -0.39 is 6.04 Å². The Morgan fingerprint density at radius 1 is 0.964 bits per heavy atom. The minimum absolute atomic E-state index is 0.0195. The number of nitrogens with one attached hydrogen (secondary N) is 2. The summed E-state index contributed by atoms with van der Waals surface area (Å²) >= 11 is 0. The summed E-state index contributed by atoms with van der Waals surface area (Å²) in [5.74, 6) is -0.360. The van der Waals surface area contributed by atoms with Crippen molar-refractivity contribution in [2.75, 3.05) is 0 Å². The topological polar surface area (TPSA) is 71.1 Å². The molecule has 2 N–H and O–H groups in total. The molecule has 0 radical (unpaired) electrons. The first kappa shape index (κ1) is 19.5. The number of hydrogen-bond acceptors (Lipinski definition) is 3. The zero-order valence-electron chi connectivity index (χ0n) is 16.2. The molecule has 5 nitrogen and oxygen atoms in total. The number of amides is 2. The zero-order valence-corrected chi connectivity index (χ0v) is 16.2. The standard InChI is InChI=1S/C23H25N3O2/c1-16(2)22(23(28)25-15-17-10-12-24-13-11-17)26-21(27)14-19-8-5-7-18-6-3-4-9-20(18)19/h3-13,16,22H,14-15H2,1-2H3,(H,25,28)(H,26,27). The van der Waals surface area contributed by atoms with E-state index in [2.05, 4.69) is 15.6 Å². The molecule has 144 valence electrons. The Kier molecular flexibility index (Phi) is 6.37. The number of carbonyl (C=O) groups excluding carboxylic acids is 2. The molecule has 2 aromatic carbocycles. The molecule has 0 bridgehead atoms. The van der Waals surface area contributed by atoms with E-state index in [1.54, 1.807) is 12.4 Å². The molecule has 0 aliphatic rings. The van der Waals surface area contributed by atoms with Crippen molar-refractivity contribution in [1.29, 1.82) is 0 Å². The van der Waals surface area contributed by atoms with Gasteiger partial charge in [-0.1, -0.05) is 56.3 Å². The second-order valence-electron chi connectivity index (χ2n) is 7.18. The highest BCUT2D eigenvalue weighted by molar-refractivity contribution is 5.92. The van der Waals surface area contributed by atoms with Crippen LogP contribution in [0.1, 0.15) is 25.0 Å². The van der Waals surface area contributed by atoms with E-state index in [-0.39, 0.29) is 24.2 Å². The molecule has 2 amide bonds. The zero-order chi connectivity index (χ0) is 19.9. The summed E-state index contributed by atoms with van der Waals surface area (Å²) in [4.78, 5) is 29.2. The predicted octanol–water partition coefficient (Wildman–Crippen LogP) is 3.23. The third kappa shape index (κ3) is 4.94. The molecule has 1 heterocycles. The molecular weight excluding hydrogens is 350 g/mol. The van der Waals surface area contributed by atoms with Crippen LogP contribution in [0.15, 0.2) is 67.0 Å². The van der Waals surface area contributed by atoms with Gasteiger partial charge in [-0.3, -0.25) is 14.6 Å². The van der Waals surface area contributed by atoms with Crippen molar-refractivity contribution < 1.29 is 9.59 Å². The highest BCUT2D eigenvalue weighted by atomic mass is 16.2. The van der Waals surface area contributed by atoms with Crippen molar-refractivity contribution in [2.45, 2.75) is 32.9 Å². The molecule has 0 fully saturated rings. The number of rotatable bonds is 7. The summed E-state index contributed by atoms with van der Waals surface area (Å²) in [6.45, 7) is 4.26. The summed E-state index contributed by atoms with van der Waals surface area (Å²) in [6, 6.07) is 17.0. The monoisotopic (exact) mass is 375 g/mol. The van der Waals surface area contributed by atoms with Gasteiger partial charge in [-0.05, 0) is 39.9 Å². The van der Waals surface area contributed by atoms with E-state index in [4.69, 9.17) is 0 Å². The Bertz CT molecular complexity index is 949. The number of benzene rings is 2. The lowest BCUT2D eigenvalue weighted by atomic mass is 10.00. The van der Waals surface area contributed by atoms with Gasteiger partial charge in [0.15, 0.2) is 0 Å². The molecule has 3 rings (SSSR count). The van der Waals surface area contributed by atoms with E-state index in [1.165, 1.54) is 0 Å². The Balaban J connectivity index is 1.64. The fraction of sp³-hybridized carbons (Fsp3) is 0.261. The fourth-order valence-corrected chi connectivity index (χ4v) is 3.18. The highest BCUT2D eigenvalue weighted by Crippen LogP contribution is 2.19. The second kappa shape index (κ2) is 9.13. The molecule has 1 unspecified atom stereocenters. The lowest BCUT2D eigenvalue weighted by Crippen LogP contribution is -2.49. The smallest absolute Gasteiger partial charge is 0.243 e. The third-order valence-corrected chi connectivity index (χ3v) is 4.71. The fourth-order valence-electron chi connectivity index (χ4n) is 3.18. The molecular formula is C23H25N3O2. The van der Waals surface area contributed by atoms with Crippen molar-refractivity contribution in [1.82, 2.24) is 15.6 Å². The summed E-state index contributed by atoms with van der Waals surface area (Å²) in [5, 5.41) is 7.96. The largest absolute Gasteiger partial charge is 0.350 e. The first-order chi connectivity index (χ1) is 13.5. The van der Waals surface area contributed by atoms with E-state index in [0.717, 1.165) is 21.9 Å². The second-order valence-corrected chi connectivity index (χ2v) is 7.18. The SMILES string of the molecule is CC(C)C(NC(=O)Cc1cccc2ccccc12)C(=O)NCc1ccncc1. The number of nitrogens with zero attached hydrogens (tertiary/aromatic N) is 1. The van der Waals surface area contributed by atoms with E-state index in [0.29, 0.717) is 6.54 Å². The Hall–Kier alpha value is -3.21. The minimum atomic E-state index is -0.579. The van der Waals surface area contributed by atoms with Crippen LogP contribution in [-0.4, -0.2) is 22.8 Å². The van der Waals surface area contributed by atoms with Crippen molar-refractivity contribution in [3.8, 4) is 0 Å². The molecule has 5 heteroatoms. The number of aromatic nitrogens is 1. The van der Waals surface area contributed by atoms with Gasteiger partial charge in [0.1, 0.15) is 6.04 Å². The van der Waals surface area contributed by atoms with E-state index in [9.17, 15) is 9.59 Å². The molecule has 0 spiro atoms. The number of carbonyl (C=O) groups is 2. The van der Waals surface area contributed by atoms with Crippen LogP contribution in [-0.2, 0) is 22.6 Å². The maximum absolute atomic E-state index is 12.7. The predicted molar refractivity (Wildman–Crippen MR) is 111 cm³/mol. The summed E-state index contributed by atoms with van der Waals surface area (Å²) in [6.07, 6.45) is 3.61. The summed E-state index contributed by atoms with van der Waals surface area (Å²) in [7, 11) is 0. The molecule has 0 saturated carbocycles. The highest BCUT2D eigenvalue weighted by Gasteiger charge is 2.24. The van der Waals surface area contributed by atoms with E-state index >= 15 is 0 Å². The quantitative estimate of drug-likeness (QED) is 0.666. The van der Waals surface area contributed by atoms with Gasteiger partial charge in [0.05, 0.1) is 6.42 Å². The molecule has 28 heavy (non-hydrogen) atoms. The van der Waals surface area contributed by atoms with Gasteiger partial charge in [0.25, 0.3) is 0 Å². The maximum atomic E-state index is 12.7. The van der Waals surface area contributed by atoms with Gasteiger partial charge in [0.2, 0.25) is 11.8 Å². The summed E-state index contributed by atoms with van der Waals surface area (Å²) < 4.78 is 0. The van der Waals surface area contributed by atoms with Gasteiger partial charge in [-0.2, -0.15) is 0 Å². The van der Waals surface area contributed by atoms with Crippen molar-refractivity contribution in [3.05, 3.63) is 78.1 Å². The van der Waals surface area contributed by atoms with Gasteiger partial charge in [-0.25, -0.2) is 0 Å². The van der Waals surface area contributed by atoms with Crippen molar-refractivity contribution >= 4 is 22.6 Å². The first-order valence-electron chi connectivity index (χ1n) is 9.47. The molecule has 1 atom stereocenters. The third-order valence-electron chi connectivity index (χ3n) is 4.71. The van der Waals surface area contributed by atoms with Crippen LogP contribution in [0.2, 0.25) is 0 Å². The van der Waals surface area contributed by atoms with Crippen LogP contribution in [0.3, 0.4) is 0 Å². The van der Waals surface area contributed by atoms with Crippen LogP contribution in [0.25, 0.3) is 10.8 Å². The lowest BCUT2D eigenvalue weighted by molar-refractivity contribution is -0.129. The molecule has 0 aliphatic heterocycles. The Morgan fingerprint density at radius 3 is 2.43 bits per heavy atom. The van der Waals surface area contributed by atoms with Gasteiger partial charge in [-0.15, -0.1) is 0 Å². The summed E-state index contributed by atoms with van der Waals surface area (Å²) in [5.41, 5.74) is 1.92. The minimum Gasteiger partial charge on any atom is -0.350 e. The van der Waals surface area contributed by atoms with Crippen LogP contribution in [0, 0.1) is 5.92 Å². The van der Waals surface area contributed by atoms with Crippen LogP contribution in [0.4, 0.5) is 0 Å². The van der Waals surface area contributed by atoms with Crippen LogP contribution >= 0.6 is 0 Å². The molecule has 3 aromatic rings. The van der Waals surface area contributed by atoms with Crippen LogP contribution in [0.5, 0.6) is 0 Å². The van der Waals surface area contributed by atoms with Crippen molar-refractivity contribution in [3.63, 3.8) is 0 Å².